The van der Waals surface area contributed by atoms with Gasteiger partial charge in [0.1, 0.15) is 5.75 Å². The van der Waals surface area contributed by atoms with E-state index in [0.717, 1.165) is 25.4 Å². The van der Waals surface area contributed by atoms with E-state index in [0.29, 0.717) is 17.7 Å². The number of halogens is 2. The highest BCUT2D eigenvalue weighted by molar-refractivity contribution is 6.32. The summed E-state index contributed by atoms with van der Waals surface area (Å²) in [7, 11) is 2.03. The Morgan fingerprint density at radius 2 is 2.26 bits per heavy atom. The van der Waals surface area contributed by atoms with Gasteiger partial charge in [-0.15, -0.1) is 12.4 Å². The van der Waals surface area contributed by atoms with E-state index in [2.05, 4.69) is 16.3 Å². The maximum atomic E-state index is 6.19. The fourth-order valence-corrected chi connectivity index (χ4v) is 2.69. The molecule has 2 rings (SSSR count). The first-order chi connectivity index (χ1) is 8.74. The maximum absolute atomic E-state index is 6.19. The van der Waals surface area contributed by atoms with Gasteiger partial charge < -0.3 is 10.1 Å². The van der Waals surface area contributed by atoms with Crippen LogP contribution in [0.15, 0.2) is 18.2 Å². The largest absolute Gasteiger partial charge is 0.492 e. The lowest BCUT2D eigenvalue weighted by atomic mass is 10.2. The number of nitrogens with zero attached hydrogens (tertiary/aromatic N) is 1. The molecule has 1 aromatic carbocycles. The van der Waals surface area contributed by atoms with Gasteiger partial charge in [0.2, 0.25) is 0 Å². The van der Waals surface area contributed by atoms with E-state index in [9.17, 15) is 0 Å². The van der Waals surface area contributed by atoms with E-state index < -0.39 is 0 Å². The minimum absolute atomic E-state index is 0. The molecule has 1 saturated heterocycles. The Bertz CT molecular complexity index is 401. The predicted octanol–water partition coefficient (Wildman–Crippen LogP) is 2.95. The SMILES string of the molecule is CCOc1c(Cl)cccc1CN1CCC(NC)C1.Cl. The van der Waals surface area contributed by atoms with Crippen LogP contribution in [0, 0.1) is 0 Å². The Hall–Kier alpha value is -0.480. The van der Waals surface area contributed by atoms with Crippen LogP contribution < -0.4 is 10.1 Å². The molecule has 0 radical (unpaired) electrons. The first kappa shape index (κ1) is 16.6. The smallest absolute Gasteiger partial charge is 0.142 e. The minimum Gasteiger partial charge on any atom is -0.492 e. The van der Waals surface area contributed by atoms with E-state index in [-0.39, 0.29) is 12.4 Å². The molecular formula is C14H22Cl2N2O. The highest BCUT2D eigenvalue weighted by Crippen LogP contribution is 2.30. The van der Waals surface area contributed by atoms with Crippen LogP contribution in [-0.2, 0) is 6.54 Å². The second kappa shape index (κ2) is 7.95. The van der Waals surface area contributed by atoms with Gasteiger partial charge >= 0.3 is 0 Å². The van der Waals surface area contributed by atoms with Crippen molar-refractivity contribution >= 4 is 24.0 Å². The van der Waals surface area contributed by atoms with Gasteiger partial charge in [-0.3, -0.25) is 4.90 Å². The van der Waals surface area contributed by atoms with Crippen molar-refractivity contribution in [2.45, 2.75) is 25.9 Å². The molecule has 5 heteroatoms. The van der Waals surface area contributed by atoms with Crippen LogP contribution >= 0.6 is 24.0 Å². The molecule has 108 valence electrons. The molecule has 1 atom stereocenters. The average molecular weight is 305 g/mol. The molecule has 3 nitrogen and oxygen atoms in total. The van der Waals surface area contributed by atoms with Crippen molar-refractivity contribution in [1.29, 1.82) is 0 Å². The summed E-state index contributed by atoms with van der Waals surface area (Å²) in [5.74, 6) is 0.842. The number of benzene rings is 1. The van der Waals surface area contributed by atoms with Crippen LogP contribution in [0.25, 0.3) is 0 Å². The molecule has 1 unspecified atom stereocenters. The molecule has 1 aliphatic rings. The van der Waals surface area contributed by atoms with Gasteiger partial charge in [-0.2, -0.15) is 0 Å². The lowest BCUT2D eigenvalue weighted by Gasteiger charge is -2.19. The summed E-state index contributed by atoms with van der Waals surface area (Å²) >= 11 is 6.19. The van der Waals surface area contributed by atoms with E-state index in [4.69, 9.17) is 16.3 Å². The number of para-hydroxylation sites is 1. The van der Waals surface area contributed by atoms with Gasteiger partial charge in [0.15, 0.2) is 0 Å². The normalized spacial score (nSPS) is 19.2. The number of hydrogen-bond acceptors (Lipinski definition) is 3. The molecule has 19 heavy (non-hydrogen) atoms. The number of likely N-dealkylation sites (N-methyl/N-ethyl adjacent to an activating group) is 1. The number of ether oxygens (including phenoxy) is 1. The molecule has 0 saturated carbocycles. The second-order valence-electron chi connectivity index (χ2n) is 4.67. The van der Waals surface area contributed by atoms with Crippen LogP contribution in [0.5, 0.6) is 5.75 Å². The number of likely N-dealkylation sites (tertiary alicyclic amines) is 1. The van der Waals surface area contributed by atoms with Crippen LogP contribution in [0.2, 0.25) is 5.02 Å². The zero-order valence-electron chi connectivity index (χ0n) is 11.5. The molecule has 1 fully saturated rings. The van der Waals surface area contributed by atoms with Gasteiger partial charge in [0, 0.05) is 31.2 Å². The summed E-state index contributed by atoms with van der Waals surface area (Å²) < 4.78 is 5.66. The molecule has 1 heterocycles. The summed E-state index contributed by atoms with van der Waals surface area (Å²) in [6.45, 7) is 5.77. The molecule has 1 aromatic rings. The fraction of sp³-hybridized carbons (Fsp3) is 0.571. The van der Waals surface area contributed by atoms with Gasteiger partial charge in [0.05, 0.1) is 11.6 Å². The zero-order valence-corrected chi connectivity index (χ0v) is 13.1. The average Bonchev–Trinajstić information content (AvgIpc) is 2.81. The maximum Gasteiger partial charge on any atom is 0.142 e. The third-order valence-corrected chi connectivity index (χ3v) is 3.71. The van der Waals surface area contributed by atoms with Crippen LogP contribution in [-0.4, -0.2) is 37.7 Å². The van der Waals surface area contributed by atoms with Crippen LogP contribution in [0.4, 0.5) is 0 Å². The Morgan fingerprint density at radius 1 is 1.47 bits per heavy atom. The van der Waals surface area contributed by atoms with Gasteiger partial charge in [0.25, 0.3) is 0 Å². The molecule has 0 amide bonds. The quantitative estimate of drug-likeness (QED) is 0.905. The summed E-state index contributed by atoms with van der Waals surface area (Å²) in [5, 5.41) is 4.04. The molecule has 0 spiro atoms. The Kier molecular flexibility index (Phi) is 6.94. The lowest BCUT2D eigenvalue weighted by Crippen LogP contribution is -2.29. The molecule has 0 aromatic heterocycles. The summed E-state index contributed by atoms with van der Waals surface area (Å²) in [6, 6.07) is 6.59. The van der Waals surface area contributed by atoms with E-state index in [1.165, 1.54) is 12.0 Å². The van der Waals surface area contributed by atoms with Crippen LogP contribution in [0.3, 0.4) is 0 Å². The number of rotatable bonds is 5. The Balaban J connectivity index is 0.00000180. The van der Waals surface area contributed by atoms with E-state index in [1.807, 2.05) is 26.1 Å². The van der Waals surface area contributed by atoms with Gasteiger partial charge in [-0.05, 0) is 26.5 Å². The third kappa shape index (κ3) is 4.25. The number of hydrogen-bond donors (Lipinski definition) is 1. The van der Waals surface area contributed by atoms with Crippen molar-refractivity contribution in [3.8, 4) is 5.75 Å². The summed E-state index contributed by atoms with van der Waals surface area (Å²) in [4.78, 5) is 2.44. The first-order valence-electron chi connectivity index (χ1n) is 6.54. The van der Waals surface area contributed by atoms with Crippen molar-refractivity contribution in [2.24, 2.45) is 0 Å². The van der Waals surface area contributed by atoms with Gasteiger partial charge in [-0.1, -0.05) is 23.7 Å². The van der Waals surface area contributed by atoms with E-state index in [1.54, 1.807) is 0 Å². The van der Waals surface area contributed by atoms with Gasteiger partial charge in [-0.25, -0.2) is 0 Å². The zero-order chi connectivity index (χ0) is 13.0. The second-order valence-corrected chi connectivity index (χ2v) is 5.08. The third-order valence-electron chi connectivity index (χ3n) is 3.41. The monoisotopic (exact) mass is 304 g/mol. The Morgan fingerprint density at radius 3 is 2.89 bits per heavy atom. The van der Waals surface area contributed by atoms with Crippen molar-refractivity contribution in [1.82, 2.24) is 10.2 Å². The molecule has 1 aliphatic heterocycles. The highest BCUT2D eigenvalue weighted by atomic mass is 35.5. The summed E-state index contributed by atoms with van der Waals surface area (Å²) in [5.41, 5.74) is 1.18. The molecular weight excluding hydrogens is 283 g/mol. The first-order valence-corrected chi connectivity index (χ1v) is 6.92. The van der Waals surface area contributed by atoms with Crippen molar-refractivity contribution in [3.05, 3.63) is 28.8 Å². The lowest BCUT2D eigenvalue weighted by molar-refractivity contribution is 0.300. The van der Waals surface area contributed by atoms with E-state index >= 15 is 0 Å². The van der Waals surface area contributed by atoms with Crippen molar-refractivity contribution in [2.75, 3.05) is 26.7 Å². The standard InChI is InChI=1S/C14H21ClN2O.ClH/c1-3-18-14-11(5-4-6-13(14)15)9-17-8-7-12(10-17)16-2;/h4-6,12,16H,3,7-10H2,1-2H3;1H. The summed E-state index contributed by atoms with van der Waals surface area (Å²) in [6.07, 6.45) is 1.21. The van der Waals surface area contributed by atoms with Crippen molar-refractivity contribution < 1.29 is 4.74 Å². The minimum atomic E-state index is 0. The van der Waals surface area contributed by atoms with Crippen molar-refractivity contribution in [3.63, 3.8) is 0 Å². The molecule has 0 aliphatic carbocycles. The molecule has 0 bridgehead atoms. The Labute approximate surface area is 126 Å². The fourth-order valence-electron chi connectivity index (χ4n) is 2.44. The number of nitrogens with one attached hydrogen (secondary N) is 1. The topological polar surface area (TPSA) is 24.5 Å². The predicted molar refractivity (Wildman–Crippen MR) is 82.6 cm³/mol. The molecule has 1 N–H and O–H groups in total. The van der Waals surface area contributed by atoms with Crippen LogP contribution in [0.1, 0.15) is 18.9 Å². The highest BCUT2D eigenvalue weighted by Gasteiger charge is 2.22.